The maximum Gasteiger partial charge on any atom is 0.332 e. The number of hydrogen-bond donors (Lipinski definition) is 1. The third-order valence-corrected chi connectivity index (χ3v) is 7.42. The Morgan fingerprint density at radius 1 is 1.00 bits per heavy atom. The summed E-state index contributed by atoms with van der Waals surface area (Å²) < 4.78 is 17.8. The van der Waals surface area contributed by atoms with Gasteiger partial charge in [-0.25, -0.2) is 9.18 Å². The summed E-state index contributed by atoms with van der Waals surface area (Å²) in [5.74, 6) is 0.264. The van der Waals surface area contributed by atoms with Crippen LogP contribution in [0.2, 0.25) is 0 Å². The summed E-state index contributed by atoms with van der Waals surface area (Å²) in [5.41, 5.74) is 3.94. The van der Waals surface area contributed by atoms with Crippen LogP contribution >= 0.6 is 12.2 Å². The van der Waals surface area contributed by atoms with E-state index in [0.717, 1.165) is 21.4 Å². The van der Waals surface area contributed by atoms with E-state index >= 15 is 0 Å². The molecule has 0 radical (unpaired) electrons. The lowest BCUT2D eigenvalue weighted by atomic mass is 10.1. The lowest BCUT2D eigenvalue weighted by Crippen LogP contribution is -2.50. The van der Waals surface area contributed by atoms with Crippen molar-refractivity contribution in [2.75, 3.05) is 36.4 Å². The largest absolute Gasteiger partial charge is 0.345 e. The summed E-state index contributed by atoms with van der Waals surface area (Å²) in [6.45, 7) is 6.99. The first-order valence-electron chi connectivity index (χ1n) is 12.4. The van der Waals surface area contributed by atoms with E-state index in [0.29, 0.717) is 54.9 Å². The van der Waals surface area contributed by atoms with E-state index in [1.165, 1.54) is 29.3 Å². The van der Waals surface area contributed by atoms with E-state index in [-0.39, 0.29) is 5.82 Å². The first kappa shape index (κ1) is 25.7. The highest BCUT2D eigenvalue weighted by Crippen LogP contribution is 2.23. The second-order valence-corrected chi connectivity index (χ2v) is 10.1. The molecule has 1 saturated heterocycles. The van der Waals surface area contributed by atoms with Gasteiger partial charge in [0.05, 0.1) is 6.54 Å². The quantitative estimate of drug-likeness (QED) is 0.403. The van der Waals surface area contributed by atoms with E-state index in [9.17, 15) is 14.0 Å². The molecule has 2 aromatic carbocycles. The summed E-state index contributed by atoms with van der Waals surface area (Å²) in [6.07, 6.45) is 0. The van der Waals surface area contributed by atoms with Crippen LogP contribution in [0.4, 0.5) is 16.0 Å². The van der Waals surface area contributed by atoms with Crippen molar-refractivity contribution in [1.82, 2.24) is 23.6 Å². The van der Waals surface area contributed by atoms with E-state index in [1.807, 2.05) is 10.6 Å². The van der Waals surface area contributed by atoms with Crippen LogP contribution in [0.3, 0.4) is 0 Å². The predicted octanol–water partition coefficient (Wildman–Crippen LogP) is 2.76. The van der Waals surface area contributed by atoms with Crippen LogP contribution < -0.4 is 21.5 Å². The highest BCUT2D eigenvalue weighted by Gasteiger charge is 2.26. The lowest BCUT2D eigenvalue weighted by molar-refractivity contribution is 0.386. The number of thiocarbonyl (C=S) groups is 1. The SMILES string of the molecule is Cc1ccc(NC(=S)N2CCN(c3nc4c(c(=O)n(C)c(=O)n4C)n3Cc3ccc(F)cc3)CC2)c(C)c1. The molecule has 0 saturated carbocycles. The van der Waals surface area contributed by atoms with Crippen LogP contribution in [0.15, 0.2) is 52.1 Å². The van der Waals surface area contributed by atoms with Gasteiger partial charge in [-0.05, 0) is 55.4 Å². The normalized spacial score (nSPS) is 13.8. The number of hydrogen-bond acceptors (Lipinski definition) is 5. The third-order valence-electron chi connectivity index (χ3n) is 7.06. The molecule has 9 nitrogen and oxygen atoms in total. The molecular weight excluding hydrogens is 505 g/mol. The minimum absolute atomic E-state index is 0.312. The number of aryl methyl sites for hydroxylation is 3. The van der Waals surface area contributed by atoms with Gasteiger partial charge in [-0.3, -0.25) is 18.5 Å². The van der Waals surface area contributed by atoms with Gasteiger partial charge in [-0.15, -0.1) is 0 Å². The fourth-order valence-corrected chi connectivity index (χ4v) is 5.15. The van der Waals surface area contributed by atoms with Crippen molar-refractivity contribution in [2.45, 2.75) is 20.4 Å². The number of piperazine rings is 1. The molecule has 1 aliphatic heterocycles. The number of nitrogens with zero attached hydrogens (tertiary/aromatic N) is 6. The summed E-state index contributed by atoms with van der Waals surface area (Å²) in [5, 5.41) is 4.02. The molecule has 3 heterocycles. The minimum Gasteiger partial charge on any atom is -0.345 e. The van der Waals surface area contributed by atoms with Crippen molar-refractivity contribution < 1.29 is 4.39 Å². The Bertz CT molecular complexity index is 1650. The number of fused-ring (bicyclic) bond motifs is 1. The van der Waals surface area contributed by atoms with Crippen molar-refractivity contribution >= 4 is 40.1 Å². The second kappa shape index (κ2) is 10.1. The summed E-state index contributed by atoms with van der Waals surface area (Å²) in [7, 11) is 3.07. The number of halogens is 1. The number of rotatable bonds is 4. The summed E-state index contributed by atoms with van der Waals surface area (Å²) in [4.78, 5) is 34.8. The van der Waals surface area contributed by atoms with Crippen LogP contribution in [0.5, 0.6) is 0 Å². The molecular formula is C27H30FN7O2S. The average Bonchev–Trinajstić information content (AvgIpc) is 3.28. The zero-order valence-electron chi connectivity index (χ0n) is 21.9. The van der Waals surface area contributed by atoms with E-state index < -0.39 is 11.2 Å². The molecule has 0 amide bonds. The smallest absolute Gasteiger partial charge is 0.332 e. The van der Waals surface area contributed by atoms with Gasteiger partial charge >= 0.3 is 5.69 Å². The van der Waals surface area contributed by atoms with Crippen LogP contribution in [0.25, 0.3) is 11.2 Å². The van der Waals surface area contributed by atoms with Crippen molar-refractivity contribution in [3.8, 4) is 0 Å². The molecule has 1 N–H and O–H groups in total. The van der Waals surface area contributed by atoms with Crippen molar-refractivity contribution in [2.24, 2.45) is 14.1 Å². The first-order chi connectivity index (χ1) is 18.1. The van der Waals surface area contributed by atoms with Gasteiger partial charge < -0.3 is 15.1 Å². The molecule has 0 atom stereocenters. The van der Waals surface area contributed by atoms with Gasteiger partial charge in [0.25, 0.3) is 5.56 Å². The fraction of sp³-hybridized carbons (Fsp3) is 0.333. The van der Waals surface area contributed by atoms with Gasteiger partial charge in [0.2, 0.25) is 5.95 Å². The van der Waals surface area contributed by atoms with Crippen molar-refractivity contribution in [1.29, 1.82) is 0 Å². The second-order valence-electron chi connectivity index (χ2n) is 9.73. The Hall–Kier alpha value is -3.99. The van der Waals surface area contributed by atoms with Crippen LogP contribution in [-0.4, -0.2) is 54.9 Å². The Kier molecular flexibility index (Phi) is 6.78. The van der Waals surface area contributed by atoms with Crippen LogP contribution in [0, 0.1) is 19.7 Å². The molecule has 5 rings (SSSR count). The maximum absolute atomic E-state index is 13.5. The molecule has 1 aliphatic rings. The van der Waals surface area contributed by atoms with E-state index in [4.69, 9.17) is 17.2 Å². The molecule has 0 unspecified atom stereocenters. The number of benzene rings is 2. The number of anilines is 2. The van der Waals surface area contributed by atoms with Crippen molar-refractivity contribution in [3.63, 3.8) is 0 Å². The van der Waals surface area contributed by atoms with Gasteiger partial charge in [0.15, 0.2) is 16.3 Å². The van der Waals surface area contributed by atoms with E-state index in [2.05, 4.69) is 41.1 Å². The van der Waals surface area contributed by atoms with Gasteiger partial charge in [0.1, 0.15) is 5.82 Å². The fourth-order valence-electron chi connectivity index (χ4n) is 4.86. The molecule has 4 aromatic rings. The lowest BCUT2D eigenvalue weighted by Gasteiger charge is -2.37. The molecule has 11 heteroatoms. The van der Waals surface area contributed by atoms with Gasteiger partial charge in [0, 0.05) is 46.0 Å². The highest BCUT2D eigenvalue weighted by molar-refractivity contribution is 7.80. The summed E-state index contributed by atoms with van der Waals surface area (Å²) >= 11 is 5.70. The van der Waals surface area contributed by atoms with Gasteiger partial charge in [-0.1, -0.05) is 29.8 Å². The molecule has 0 aliphatic carbocycles. The molecule has 0 bridgehead atoms. The standard InChI is InChI=1S/C27H30FN7O2S/c1-17-5-10-21(18(2)15-17)29-26(38)34-13-11-33(12-14-34)25-30-23-22(24(36)32(4)27(37)31(23)3)35(25)16-19-6-8-20(28)9-7-19/h5-10,15H,11-14,16H2,1-4H3,(H,29,38). The minimum atomic E-state index is -0.437. The van der Waals surface area contributed by atoms with Crippen molar-refractivity contribution in [3.05, 3.63) is 85.8 Å². The molecule has 0 spiro atoms. The van der Waals surface area contributed by atoms with Crippen LogP contribution in [-0.2, 0) is 20.6 Å². The molecule has 2 aromatic heterocycles. The zero-order chi connectivity index (χ0) is 27.1. The molecule has 38 heavy (non-hydrogen) atoms. The van der Waals surface area contributed by atoms with Crippen LogP contribution in [0.1, 0.15) is 16.7 Å². The van der Waals surface area contributed by atoms with Gasteiger partial charge in [-0.2, -0.15) is 4.98 Å². The predicted molar refractivity (Wildman–Crippen MR) is 152 cm³/mol. The maximum atomic E-state index is 13.5. The Labute approximate surface area is 224 Å². The topological polar surface area (TPSA) is 80.3 Å². The Morgan fingerprint density at radius 2 is 1.68 bits per heavy atom. The number of nitrogens with one attached hydrogen (secondary N) is 1. The Balaban J connectivity index is 1.44. The number of aromatic nitrogens is 4. The Morgan fingerprint density at radius 3 is 2.34 bits per heavy atom. The first-order valence-corrected chi connectivity index (χ1v) is 12.8. The van der Waals surface area contributed by atoms with E-state index in [1.54, 1.807) is 19.2 Å². The third kappa shape index (κ3) is 4.69. The number of imidazole rings is 1. The average molecular weight is 536 g/mol. The highest BCUT2D eigenvalue weighted by atomic mass is 32.1. The monoisotopic (exact) mass is 535 g/mol. The molecule has 1 fully saturated rings. The zero-order valence-corrected chi connectivity index (χ0v) is 22.7. The summed E-state index contributed by atoms with van der Waals surface area (Å²) in [6, 6.07) is 12.4. The molecule has 198 valence electrons.